The average molecular weight is 377 g/mol. The molecule has 0 radical (unpaired) electrons. The number of nitrogens with zero attached hydrogens (tertiary/aromatic N) is 2. The lowest BCUT2D eigenvalue weighted by Gasteiger charge is -2.41. The first-order valence-electron chi connectivity index (χ1n) is 9.76. The predicted molar refractivity (Wildman–Crippen MR) is 109 cm³/mol. The number of hydrogen-bond donors (Lipinski definition) is 1. The van der Waals surface area contributed by atoms with Crippen LogP contribution < -0.4 is 0 Å². The van der Waals surface area contributed by atoms with Gasteiger partial charge < -0.3 is 14.5 Å². The van der Waals surface area contributed by atoms with Crippen molar-refractivity contribution in [3.8, 4) is 0 Å². The van der Waals surface area contributed by atoms with Gasteiger partial charge in [0.15, 0.2) is 6.29 Å². The average Bonchev–Trinajstić information content (AvgIpc) is 3.19. The summed E-state index contributed by atoms with van der Waals surface area (Å²) in [4.78, 5) is 9.76. The molecule has 1 aromatic heterocycles. The zero-order valence-electron chi connectivity index (χ0n) is 16.5. The summed E-state index contributed by atoms with van der Waals surface area (Å²) in [5, 5.41) is 0. The minimum Gasteiger partial charge on any atom is -0.349 e. The molecule has 2 aromatic carbocycles. The molecular weight excluding hydrogens is 350 g/mol. The van der Waals surface area contributed by atoms with Crippen LogP contribution in [0.3, 0.4) is 0 Å². The second-order valence-corrected chi connectivity index (χ2v) is 7.45. The summed E-state index contributed by atoms with van der Waals surface area (Å²) in [6.45, 7) is 7.05. The van der Waals surface area contributed by atoms with Gasteiger partial charge in [-0.1, -0.05) is 59.7 Å². The molecule has 1 aliphatic heterocycles. The van der Waals surface area contributed by atoms with Crippen LogP contribution in [0.4, 0.5) is 0 Å². The van der Waals surface area contributed by atoms with Gasteiger partial charge in [0, 0.05) is 25.0 Å². The van der Waals surface area contributed by atoms with Gasteiger partial charge in [-0.05, 0) is 25.0 Å². The van der Waals surface area contributed by atoms with Gasteiger partial charge in [-0.3, -0.25) is 4.90 Å². The molecule has 2 atom stereocenters. The summed E-state index contributed by atoms with van der Waals surface area (Å²) in [6.07, 6.45) is 3.28. The molecule has 0 spiro atoms. The van der Waals surface area contributed by atoms with Crippen molar-refractivity contribution in [1.29, 1.82) is 0 Å². The monoisotopic (exact) mass is 377 g/mol. The number of hydrogen-bond acceptors (Lipinski definition) is 4. The number of aromatic nitrogens is 2. The first-order chi connectivity index (χ1) is 13.7. The minimum absolute atomic E-state index is 0.0316. The molecule has 2 heterocycles. The SMILES string of the molecule is Cc1cc(C)cc(COC2OCCN(Cc3cnc[nH]3)C2c2ccccc2)c1. The number of H-pyrrole nitrogens is 1. The maximum atomic E-state index is 6.31. The Kier molecular flexibility index (Phi) is 5.86. The highest BCUT2D eigenvalue weighted by Gasteiger charge is 2.34. The van der Waals surface area contributed by atoms with Crippen LogP contribution in [0.15, 0.2) is 61.1 Å². The van der Waals surface area contributed by atoms with Gasteiger partial charge in [0.05, 0.1) is 25.6 Å². The quantitative estimate of drug-likeness (QED) is 0.701. The lowest BCUT2D eigenvalue weighted by Crippen LogP contribution is -2.46. The molecule has 0 bridgehead atoms. The van der Waals surface area contributed by atoms with Crippen LogP contribution >= 0.6 is 0 Å². The molecule has 1 fully saturated rings. The van der Waals surface area contributed by atoms with Gasteiger partial charge in [0.25, 0.3) is 0 Å². The molecule has 0 saturated carbocycles. The van der Waals surface area contributed by atoms with E-state index in [-0.39, 0.29) is 12.3 Å². The summed E-state index contributed by atoms with van der Waals surface area (Å²) in [7, 11) is 0. The van der Waals surface area contributed by atoms with Crippen LogP contribution in [0.2, 0.25) is 0 Å². The molecule has 146 valence electrons. The van der Waals surface area contributed by atoms with E-state index in [4.69, 9.17) is 9.47 Å². The van der Waals surface area contributed by atoms with Crippen LogP contribution in [0.25, 0.3) is 0 Å². The third kappa shape index (κ3) is 4.50. The number of aryl methyl sites for hydroxylation is 2. The van der Waals surface area contributed by atoms with Gasteiger partial charge in [-0.15, -0.1) is 0 Å². The van der Waals surface area contributed by atoms with Gasteiger partial charge >= 0.3 is 0 Å². The number of rotatable bonds is 6. The van der Waals surface area contributed by atoms with Crippen molar-refractivity contribution >= 4 is 0 Å². The standard InChI is InChI=1S/C23H27N3O2/c1-17-10-18(2)12-19(11-17)15-28-23-22(20-6-4-3-5-7-20)26(8-9-27-23)14-21-13-24-16-25-21/h3-7,10-13,16,22-23H,8-9,14-15H2,1-2H3,(H,24,25). The van der Waals surface area contributed by atoms with E-state index in [1.54, 1.807) is 6.33 Å². The van der Waals surface area contributed by atoms with Gasteiger partial charge in [-0.2, -0.15) is 0 Å². The molecule has 1 saturated heterocycles. The summed E-state index contributed by atoms with van der Waals surface area (Å²) < 4.78 is 12.4. The molecule has 5 heteroatoms. The molecule has 1 N–H and O–H groups in total. The largest absolute Gasteiger partial charge is 0.349 e. The third-order valence-electron chi connectivity index (χ3n) is 5.08. The van der Waals surface area contributed by atoms with Crippen molar-refractivity contribution in [1.82, 2.24) is 14.9 Å². The highest BCUT2D eigenvalue weighted by Crippen LogP contribution is 2.32. The van der Waals surface area contributed by atoms with E-state index in [1.807, 2.05) is 12.3 Å². The number of morpholine rings is 1. The summed E-state index contributed by atoms with van der Waals surface area (Å²) in [6, 6.07) is 17.0. The third-order valence-corrected chi connectivity index (χ3v) is 5.08. The smallest absolute Gasteiger partial charge is 0.177 e. The Labute approximate surface area is 166 Å². The highest BCUT2D eigenvalue weighted by atomic mass is 16.7. The zero-order chi connectivity index (χ0) is 19.3. The molecule has 0 aliphatic carbocycles. The highest BCUT2D eigenvalue weighted by molar-refractivity contribution is 5.28. The van der Waals surface area contributed by atoms with E-state index in [1.165, 1.54) is 22.3 Å². The van der Waals surface area contributed by atoms with Crippen molar-refractivity contribution < 1.29 is 9.47 Å². The lowest BCUT2D eigenvalue weighted by molar-refractivity contribution is -0.218. The van der Waals surface area contributed by atoms with E-state index in [0.29, 0.717) is 13.2 Å². The Bertz CT molecular complexity index is 860. The number of nitrogens with one attached hydrogen (secondary N) is 1. The summed E-state index contributed by atoms with van der Waals surface area (Å²) in [5.74, 6) is 0. The van der Waals surface area contributed by atoms with Crippen LogP contribution in [-0.2, 0) is 22.6 Å². The Hall–Kier alpha value is -2.47. The maximum Gasteiger partial charge on any atom is 0.177 e. The molecule has 1 aliphatic rings. The zero-order valence-corrected chi connectivity index (χ0v) is 16.5. The molecule has 3 aromatic rings. The predicted octanol–water partition coefficient (Wildman–Crippen LogP) is 4.14. The van der Waals surface area contributed by atoms with Gasteiger partial charge in [0.2, 0.25) is 0 Å². The van der Waals surface area contributed by atoms with Crippen LogP contribution in [0.5, 0.6) is 0 Å². The van der Waals surface area contributed by atoms with E-state index >= 15 is 0 Å². The molecule has 5 nitrogen and oxygen atoms in total. The fraction of sp³-hybridized carbons (Fsp3) is 0.348. The van der Waals surface area contributed by atoms with Crippen LogP contribution in [0.1, 0.15) is 34.0 Å². The van der Waals surface area contributed by atoms with Crippen molar-refractivity contribution in [3.05, 3.63) is 89.0 Å². The maximum absolute atomic E-state index is 6.31. The molecular formula is C23H27N3O2. The van der Waals surface area contributed by atoms with Gasteiger partial charge in [0.1, 0.15) is 0 Å². The summed E-state index contributed by atoms with van der Waals surface area (Å²) >= 11 is 0. The van der Waals surface area contributed by atoms with Gasteiger partial charge in [-0.25, -0.2) is 4.98 Å². The topological polar surface area (TPSA) is 50.4 Å². The normalized spacial score (nSPS) is 20.4. The van der Waals surface area contributed by atoms with Crippen LogP contribution in [-0.4, -0.2) is 34.3 Å². The first-order valence-corrected chi connectivity index (χ1v) is 9.76. The van der Waals surface area contributed by atoms with E-state index in [0.717, 1.165) is 18.8 Å². The van der Waals surface area contributed by atoms with E-state index < -0.39 is 0 Å². The lowest BCUT2D eigenvalue weighted by atomic mass is 10.0. The number of aromatic amines is 1. The minimum atomic E-state index is -0.320. The fourth-order valence-corrected chi connectivity index (χ4v) is 3.94. The Morgan fingerprint density at radius 2 is 1.93 bits per heavy atom. The Balaban J connectivity index is 1.55. The van der Waals surface area contributed by atoms with Crippen LogP contribution in [0, 0.1) is 13.8 Å². The second kappa shape index (κ2) is 8.69. The molecule has 2 unspecified atom stereocenters. The Morgan fingerprint density at radius 3 is 2.64 bits per heavy atom. The van der Waals surface area contributed by atoms with Crippen molar-refractivity contribution in [2.75, 3.05) is 13.2 Å². The second-order valence-electron chi connectivity index (χ2n) is 7.45. The van der Waals surface area contributed by atoms with Crippen molar-refractivity contribution in [2.45, 2.75) is 39.3 Å². The molecule has 28 heavy (non-hydrogen) atoms. The fourth-order valence-electron chi connectivity index (χ4n) is 3.94. The first kappa shape index (κ1) is 18.9. The molecule has 0 amide bonds. The van der Waals surface area contributed by atoms with E-state index in [9.17, 15) is 0 Å². The number of benzene rings is 2. The van der Waals surface area contributed by atoms with Crippen molar-refractivity contribution in [2.24, 2.45) is 0 Å². The van der Waals surface area contributed by atoms with E-state index in [2.05, 4.69) is 71.2 Å². The van der Waals surface area contributed by atoms with Crippen molar-refractivity contribution in [3.63, 3.8) is 0 Å². The number of ether oxygens (including phenoxy) is 2. The number of imidazole rings is 1. The summed E-state index contributed by atoms with van der Waals surface area (Å²) in [5.41, 5.74) is 5.98. The molecule has 4 rings (SSSR count). The Morgan fingerprint density at radius 1 is 1.14 bits per heavy atom.